The number of aryl methyl sites for hydroxylation is 1. The summed E-state index contributed by atoms with van der Waals surface area (Å²) in [5, 5.41) is 22.7. The van der Waals surface area contributed by atoms with E-state index in [0.29, 0.717) is 5.31 Å². The molecular formula is C10H11N5O3. The molecule has 0 fully saturated rings. The first-order chi connectivity index (χ1) is 9.04. The van der Waals surface area contributed by atoms with Crippen molar-refractivity contribution in [2.75, 3.05) is 12.4 Å². The van der Waals surface area contributed by atoms with Crippen LogP contribution in [0.2, 0.25) is 1.41 Å². The summed E-state index contributed by atoms with van der Waals surface area (Å²) >= 11 is 0. The number of aromatic amines is 1. The molecule has 1 aromatic heterocycles. The summed E-state index contributed by atoms with van der Waals surface area (Å²) < 4.78 is 12.7. The van der Waals surface area contributed by atoms with Gasteiger partial charge in [-0.05, 0) is 29.8 Å². The molecular weight excluding hydrogens is 238 g/mol. The van der Waals surface area contributed by atoms with E-state index in [-0.39, 0.29) is 23.0 Å². The fourth-order valence-electron chi connectivity index (χ4n) is 1.38. The van der Waals surface area contributed by atoms with Crippen LogP contribution >= 0.6 is 0 Å². The Kier molecular flexibility index (Phi) is 2.74. The first-order valence-corrected chi connectivity index (χ1v) is 4.99. The Morgan fingerprint density at radius 3 is 3.00 bits per heavy atom. The lowest BCUT2D eigenvalue weighted by Gasteiger charge is -2.10. The van der Waals surface area contributed by atoms with Crippen molar-refractivity contribution in [2.24, 2.45) is 0 Å². The molecule has 0 spiro atoms. The zero-order valence-electron chi connectivity index (χ0n) is 10.7. The molecule has 0 aliphatic carbocycles. The molecule has 1 aromatic carbocycles. The summed E-state index contributed by atoms with van der Waals surface area (Å²) in [5.74, 6) is -1.22. The molecule has 3 N–H and O–H groups in total. The summed E-state index contributed by atoms with van der Waals surface area (Å²) in [5.41, 5.74) is 0.703. The fraction of sp³-hybridized carbons (Fsp3) is 0.200. The van der Waals surface area contributed by atoms with Crippen molar-refractivity contribution < 1.29 is 16.0 Å². The van der Waals surface area contributed by atoms with Crippen molar-refractivity contribution >= 4 is 11.6 Å². The minimum Gasteiger partial charge on any atom is -0.503 e. The molecule has 0 atom stereocenters. The number of tetrazole rings is 1. The fourth-order valence-corrected chi connectivity index (χ4v) is 1.38. The topological polar surface area (TPSA) is 113 Å². The highest BCUT2D eigenvalue weighted by atomic mass is 16.5. The smallest absolute Gasteiger partial charge is 0.297 e. The third kappa shape index (κ3) is 2.21. The van der Waals surface area contributed by atoms with E-state index in [1.807, 2.05) is 0 Å². The highest BCUT2D eigenvalue weighted by molar-refractivity contribution is 6.02. The molecule has 8 nitrogen and oxygen atoms in total. The van der Waals surface area contributed by atoms with E-state index in [4.69, 9.17) is 6.15 Å². The maximum absolute atomic E-state index is 11.9. The number of anilines is 1. The van der Waals surface area contributed by atoms with Gasteiger partial charge in [-0.3, -0.25) is 4.79 Å². The van der Waals surface area contributed by atoms with Crippen molar-refractivity contribution in [1.29, 1.82) is 0 Å². The van der Waals surface area contributed by atoms with Gasteiger partial charge < -0.3 is 15.2 Å². The van der Waals surface area contributed by atoms with Gasteiger partial charge in [0.25, 0.3) is 11.7 Å². The number of phenolic OH excluding ortho intramolecular Hbond substituents is 1. The van der Waals surface area contributed by atoms with Gasteiger partial charge in [0.1, 0.15) is 0 Å². The second kappa shape index (κ2) is 4.70. The lowest BCUT2D eigenvalue weighted by atomic mass is 10.2. The number of benzene rings is 1. The maximum Gasteiger partial charge on any atom is 0.297 e. The van der Waals surface area contributed by atoms with Crippen LogP contribution in [0.1, 0.15) is 16.2 Å². The lowest BCUT2D eigenvalue weighted by molar-refractivity contribution is 0.101. The SMILES string of the molecule is [3H]N(C(=O)c1nn[nH]n1)c1cc(C)cc(OC)c1O. The number of ether oxygens (including phenoxy) is 1. The number of carbonyl (C=O) groups is 1. The number of carbonyl (C=O) groups excluding carboxylic acids is 1. The minimum absolute atomic E-state index is 0.0216. The largest absolute Gasteiger partial charge is 0.503 e. The van der Waals surface area contributed by atoms with Crippen LogP contribution in [0.4, 0.5) is 5.69 Å². The molecule has 0 bridgehead atoms. The zero-order valence-corrected chi connectivity index (χ0v) is 9.71. The molecule has 0 radical (unpaired) electrons. The van der Waals surface area contributed by atoms with E-state index < -0.39 is 5.91 Å². The van der Waals surface area contributed by atoms with E-state index in [1.165, 1.54) is 13.2 Å². The summed E-state index contributed by atoms with van der Waals surface area (Å²) in [4.78, 5) is 11.9. The number of aromatic hydroxyl groups is 1. The number of methoxy groups -OCH3 is 1. The zero-order chi connectivity index (χ0) is 14.0. The van der Waals surface area contributed by atoms with Gasteiger partial charge in [0, 0.05) is 0 Å². The maximum atomic E-state index is 11.9. The van der Waals surface area contributed by atoms with Gasteiger partial charge >= 0.3 is 0 Å². The van der Waals surface area contributed by atoms with Gasteiger partial charge in [0.15, 0.2) is 12.9 Å². The third-order valence-corrected chi connectivity index (χ3v) is 2.18. The molecule has 2 aromatic rings. The Balaban J connectivity index is 2.41. The second-order valence-corrected chi connectivity index (χ2v) is 3.49. The van der Waals surface area contributed by atoms with Gasteiger partial charge in [-0.2, -0.15) is 5.21 Å². The van der Waals surface area contributed by atoms with Gasteiger partial charge in [-0.1, -0.05) is 0 Å². The normalized spacial score (nSPS) is 10.9. The number of rotatable bonds is 3. The number of hydrogen-bond donors (Lipinski definition) is 3. The molecule has 94 valence electrons. The quantitative estimate of drug-likeness (QED) is 0.683. The van der Waals surface area contributed by atoms with Gasteiger partial charge in [-0.25, -0.2) is 0 Å². The summed E-state index contributed by atoms with van der Waals surface area (Å²) in [6.07, 6.45) is 0. The number of H-pyrrole nitrogens is 1. The van der Waals surface area contributed by atoms with Crippen LogP contribution in [0, 0.1) is 6.92 Å². The minimum atomic E-state index is -0.822. The second-order valence-electron chi connectivity index (χ2n) is 3.49. The number of amides is 1. The van der Waals surface area contributed by atoms with Crippen molar-refractivity contribution in [3.05, 3.63) is 23.5 Å². The Morgan fingerprint density at radius 1 is 1.61 bits per heavy atom. The third-order valence-electron chi connectivity index (χ3n) is 2.18. The molecule has 0 saturated heterocycles. The first-order valence-electron chi connectivity index (χ1n) is 5.43. The molecule has 1 amide bonds. The lowest BCUT2D eigenvalue weighted by Crippen LogP contribution is -2.14. The molecule has 1 heterocycles. The standard InChI is InChI=1S/C10H11N5O3/c1-5-3-6(8(16)7(4-5)18-2)11-10(17)9-12-14-15-13-9/h3-4,16H,1-2H3,(H,11,17)(H,12,13,14,15)/i/hT. The summed E-state index contributed by atoms with van der Waals surface area (Å²) in [6.45, 7) is 1.75. The van der Waals surface area contributed by atoms with Gasteiger partial charge in [0.05, 0.1) is 12.8 Å². The number of aromatic nitrogens is 4. The highest BCUT2D eigenvalue weighted by Gasteiger charge is 2.15. The van der Waals surface area contributed by atoms with Crippen molar-refractivity contribution in [3.8, 4) is 11.5 Å². The first kappa shape index (κ1) is 10.5. The number of nitrogens with one attached hydrogen (secondary N) is 2. The Hall–Kier alpha value is -2.64. The van der Waals surface area contributed by atoms with Crippen molar-refractivity contribution in [1.82, 2.24) is 20.6 Å². The summed E-state index contributed by atoms with van der Waals surface area (Å²) in [7, 11) is 1.38. The molecule has 2 rings (SSSR count). The van der Waals surface area contributed by atoms with Crippen molar-refractivity contribution in [2.45, 2.75) is 6.92 Å². The Bertz CT molecular complexity index is 601. The van der Waals surface area contributed by atoms with Crippen LogP contribution in [0.25, 0.3) is 0 Å². The van der Waals surface area contributed by atoms with E-state index >= 15 is 0 Å². The molecule has 0 unspecified atom stereocenters. The molecule has 18 heavy (non-hydrogen) atoms. The predicted molar refractivity (Wildman–Crippen MR) is 61.5 cm³/mol. The van der Waals surface area contributed by atoms with Crippen LogP contribution in [0.5, 0.6) is 11.5 Å². The number of nitrogens with zero attached hydrogens (tertiary/aromatic N) is 3. The predicted octanol–water partition coefficient (Wildman–Crippen LogP) is 0.475. The van der Waals surface area contributed by atoms with E-state index in [1.54, 1.807) is 13.0 Å². The van der Waals surface area contributed by atoms with Crippen LogP contribution in [-0.2, 0) is 0 Å². The molecule has 8 heteroatoms. The molecule has 0 aliphatic rings. The van der Waals surface area contributed by atoms with E-state index in [0.717, 1.165) is 5.56 Å². The molecule has 0 saturated carbocycles. The van der Waals surface area contributed by atoms with E-state index in [9.17, 15) is 9.90 Å². The number of hydrogen-bond acceptors (Lipinski definition) is 6. The number of phenols is 1. The average molecular weight is 251 g/mol. The van der Waals surface area contributed by atoms with Crippen LogP contribution in [0.15, 0.2) is 12.1 Å². The Labute approximate surface area is 103 Å². The van der Waals surface area contributed by atoms with Crippen LogP contribution in [0.3, 0.4) is 0 Å². The Morgan fingerprint density at radius 2 is 2.39 bits per heavy atom. The molecule has 0 aliphatic heterocycles. The monoisotopic (exact) mass is 251 g/mol. The average Bonchev–Trinajstić information content (AvgIpc) is 2.93. The summed E-state index contributed by atoms with van der Waals surface area (Å²) in [6, 6.07) is 3.06. The van der Waals surface area contributed by atoms with Gasteiger partial charge in [0.2, 0.25) is 0 Å². The van der Waals surface area contributed by atoms with Crippen molar-refractivity contribution in [3.63, 3.8) is 0 Å². The van der Waals surface area contributed by atoms with Gasteiger partial charge in [-0.15, -0.1) is 10.2 Å². The highest BCUT2D eigenvalue weighted by Crippen LogP contribution is 2.35. The van der Waals surface area contributed by atoms with E-state index in [2.05, 4.69) is 20.6 Å². The van der Waals surface area contributed by atoms with Crippen LogP contribution in [-0.4, -0.2) is 38.7 Å². The van der Waals surface area contributed by atoms with Crippen LogP contribution < -0.4 is 10.0 Å².